The van der Waals surface area contributed by atoms with Gasteiger partial charge in [0.25, 0.3) is 5.91 Å². The maximum Gasteiger partial charge on any atom is 0.407 e. The summed E-state index contributed by atoms with van der Waals surface area (Å²) in [7, 11) is -5.65. The number of hydroxylamine groups is 2. The Balaban J connectivity index is 0.878. The van der Waals surface area contributed by atoms with Crippen molar-refractivity contribution in [1.29, 1.82) is 5.41 Å². The number of hydrogen-bond acceptors (Lipinski definition) is 23. The van der Waals surface area contributed by atoms with Crippen LogP contribution in [0.4, 0.5) is 22.4 Å². The predicted molar refractivity (Wildman–Crippen MR) is 304 cm³/mol. The largest absolute Gasteiger partial charge is 0.446 e. The Kier molecular flexibility index (Phi) is 36.6. The summed E-state index contributed by atoms with van der Waals surface area (Å²) in [6.45, 7) is 8.70. The fourth-order valence-electron chi connectivity index (χ4n) is 7.45. The number of nitrogens with zero attached hydrogens (tertiary/aromatic N) is 2. The average molecular weight is 1280 g/mol. The van der Waals surface area contributed by atoms with E-state index in [1.807, 2.05) is 31.2 Å². The van der Waals surface area contributed by atoms with Crippen LogP contribution in [0.25, 0.3) is 0 Å². The number of alkyl carbamates (subject to hydrolysis) is 1. The number of benzene rings is 2. The van der Waals surface area contributed by atoms with Gasteiger partial charge >= 0.3 is 22.2 Å². The molecule has 0 saturated heterocycles. The molecular weight excluding hydrogens is 1200 g/mol. The van der Waals surface area contributed by atoms with Crippen LogP contribution in [0.3, 0.4) is 0 Å². The van der Waals surface area contributed by atoms with Crippen molar-refractivity contribution in [2.45, 2.75) is 76.0 Å². The minimum atomic E-state index is -5.65. The summed E-state index contributed by atoms with van der Waals surface area (Å²) in [5.41, 5.74) is 8.98. The van der Waals surface area contributed by atoms with Crippen molar-refractivity contribution in [1.82, 2.24) is 21.0 Å². The molecule has 1 aliphatic heterocycles. The molecule has 0 bridgehead atoms. The van der Waals surface area contributed by atoms with Gasteiger partial charge in [0.2, 0.25) is 23.3 Å². The van der Waals surface area contributed by atoms with Crippen molar-refractivity contribution in [2.24, 2.45) is 10.7 Å². The summed E-state index contributed by atoms with van der Waals surface area (Å²) in [4.78, 5) is 57.8. The van der Waals surface area contributed by atoms with Crippen molar-refractivity contribution < 1.29 is 111 Å². The van der Waals surface area contributed by atoms with Crippen molar-refractivity contribution in [3.05, 3.63) is 81.7 Å². The molecule has 32 heteroatoms. The number of ether oxygens (including phenoxy) is 12. The van der Waals surface area contributed by atoms with E-state index in [0.717, 1.165) is 36.6 Å². The molecule has 2 aromatic carbocycles. The average Bonchev–Trinajstić information content (AvgIpc) is 1.81. The van der Waals surface area contributed by atoms with Crippen LogP contribution in [-0.2, 0) is 94.5 Å². The molecule has 27 nitrogen and oxygen atoms in total. The van der Waals surface area contributed by atoms with Gasteiger partial charge in [0, 0.05) is 50.8 Å². The smallest absolute Gasteiger partial charge is 0.407 e. The van der Waals surface area contributed by atoms with E-state index in [-0.39, 0.29) is 89.2 Å². The van der Waals surface area contributed by atoms with Crippen molar-refractivity contribution in [3.63, 3.8) is 0 Å². The first-order valence-corrected chi connectivity index (χ1v) is 30.0. The van der Waals surface area contributed by atoms with Crippen LogP contribution in [0, 0.1) is 28.7 Å². The van der Waals surface area contributed by atoms with E-state index >= 15 is 0 Å². The summed E-state index contributed by atoms with van der Waals surface area (Å²) < 4.78 is 150. The molecule has 0 spiro atoms. The van der Waals surface area contributed by atoms with E-state index in [4.69, 9.17) is 72.6 Å². The molecule has 4 rings (SSSR count). The number of halogens is 4. The number of carbonyl (C=O) groups excluding carboxylic acids is 4. The number of hydrogen-bond donors (Lipinski definition) is 6. The zero-order chi connectivity index (χ0) is 63.8. The maximum atomic E-state index is 14.0. The minimum Gasteiger partial charge on any atom is -0.446 e. The van der Waals surface area contributed by atoms with E-state index in [9.17, 15) is 45.2 Å². The standard InChI is InChI=1S/C56H81F4N7O20S/c1-2-13-67(85-16-12-63-56(71)86-43-4-3-5-43)55(70)42-35-44(45(37-61)66-46(62)36-42)64-38-40-6-8-41(9-7-40)39-65-47(68)10-14-75-17-19-77-21-23-79-25-27-81-29-31-83-33-34-84-32-30-82-28-26-80-24-22-78-20-18-76-15-11-48(69)87-53-49(57)51(59)54(88(72,73)74)52(60)50(53)58/h6-9,35,37,43,61,64H,2-5,10-34,36,38-39H2,1H3,(H2,62,66)(H,63,71)(H,65,68)(H,72,73,74). The Morgan fingerprint density at radius 1 is 0.670 bits per heavy atom. The highest BCUT2D eigenvalue weighted by atomic mass is 32.2. The van der Waals surface area contributed by atoms with Gasteiger partial charge in [-0.2, -0.15) is 17.2 Å². The van der Waals surface area contributed by atoms with Crippen LogP contribution in [0.1, 0.15) is 63.0 Å². The molecule has 494 valence electrons. The summed E-state index contributed by atoms with van der Waals surface area (Å²) in [5.74, 6) is -13.1. The Hall–Kier alpha value is -6.27. The number of nitrogens with one attached hydrogen (secondary N) is 4. The van der Waals surface area contributed by atoms with Gasteiger partial charge < -0.3 is 83.9 Å². The third-order valence-electron chi connectivity index (χ3n) is 12.2. The number of carbonyl (C=O) groups is 4. The third kappa shape index (κ3) is 29.8. The molecule has 2 aliphatic rings. The van der Waals surface area contributed by atoms with Gasteiger partial charge in [-0.1, -0.05) is 31.2 Å². The zero-order valence-electron chi connectivity index (χ0n) is 49.3. The number of amidine groups is 1. The topological polar surface area (TPSA) is 344 Å². The fourth-order valence-corrected chi connectivity index (χ4v) is 8.08. The van der Waals surface area contributed by atoms with E-state index in [0.29, 0.717) is 130 Å². The highest BCUT2D eigenvalue weighted by Gasteiger charge is 2.34. The van der Waals surface area contributed by atoms with Crippen LogP contribution in [0.2, 0.25) is 0 Å². The van der Waals surface area contributed by atoms with Crippen molar-refractivity contribution in [2.75, 3.05) is 152 Å². The van der Waals surface area contributed by atoms with E-state index < -0.39 is 68.4 Å². The van der Waals surface area contributed by atoms with Gasteiger partial charge in [0.15, 0.2) is 16.5 Å². The lowest BCUT2D eigenvalue weighted by Gasteiger charge is -2.25. The molecule has 1 aliphatic carbocycles. The Bertz CT molecular complexity index is 2650. The first kappa shape index (κ1) is 74.2. The van der Waals surface area contributed by atoms with Gasteiger partial charge in [-0.3, -0.25) is 23.8 Å². The molecule has 0 unspecified atom stereocenters. The summed E-state index contributed by atoms with van der Waals surface area (Å²) in [5, 5.41) is 18.0. The lowest BCUT2D eigenvalue weighted by atomic mass is 9.96. The molecule has 1 heterocycles. The van der Waals surface area contributed by atoms with E-state index in [2.05, 4.69) is 25.7 Å². The lowest BCUT2D eigenvalue weighted by molar-refractivity contribution is -0.181. The summed E-state index contributed by atoms with van der Waals surface area (Å²) >= 11 is 0. The molecule has 1 saturated carbocycles. The van der Waals surface area contributed by atoms with Gasteiger partial charge in [0.1, 0.15) is 17.6 Å². The summed E-state index contributed by atoms with van der Waals surface area (Å²) in [6, 6.07) is 7.61. The van der Waals surface area contributed by atoms with Crippen molar-refractivity contribution >= 4 is 46.0 Å². The van der Waals surface area contributed by atoms with Crippen LogP contribution in [0.5, 0.6) is 5.75 Å². The van der Waals surface area contributed by atoms with Gasteiger partial charge in [-0.25, -0.2) is 23.6 Å². The van der Waals surface area contributed by atoms with E-state index in [1.54, 1.807) is 6.08 Å². The number of aliphatic imine (C=N–C) groups is 1. The molecule has 0 radical (unpaired) electrons. The zero-order valence-corrected chi connectivity index (χ0v) is 50.1. The van der Waals surface area contributed by atoms with E-state index in [1.165, 1.54) is 5.06 Å². The van der Waals surface area contributed by atoms with Crippen LogP contribution < -0.4 is 26.4 Å². The highest BCUT2D eigenvalue weighted by molar-refractivity contribution is 7.85. The molecule has 0 atom stereocenters. The highest BCUT2D eigenvalue weighted by Crippen LogP contribution is 2.33. The summed E-state index contributed by atoms with van der Waals surface area (Å²) in [6.07, 6.45) is 5.16. The number of amides is 3. The second-order valence-electron chi connectivity index (χ2n) is 19.0. The van der Waals surface area contributed by atoms with Crippen molar-refractivity contribution in [3.8, 4) is 5.75 Å². The Morgan fingerprint density at radius 2 is 1.12 bits per heavy atom. The number of esters is 1. The number of rotatable bonds is 49. The minimum absolute atomic E-state index is 0.0121. The van der Waals surface area contributed by atoms with Crippen LogP contribution in [-0.4, -0.2) is 212 Å². The fraction of sp³-hybridized carbons (Fsp3) is 0.607. The molecule has 88 heavy (non-hydrogen) atoms. The quantitative estimate of drug-likeness (QED) is 0.00803. The normalized spacial score (nSPS) is 13.5. The Morgan fingerprint density at radius 3 is 1.56 bits per heavy atom. The first-order chi connectivity index (χ1) is 42.5. The molecular formula is C56H81F4N7O20S. The number of nitrogens with two attached hydrogens (primary N) is 1. The molecule has 1 fully saturated rings. The second kappa shape index (κ2) is 43.4. The third-order valence-corrected chi connectivity index (χ3v) is 13.0. The molecule has 7 N–H and O–H groups in total. The van der Waals surface area contributed by atoms with Gasteiger partial charge in [-0.05, 0) is 42.9 Å². The molecule has 2 aromatic rings. The monoisotopic (exact) mass is 1280 g/mol. The Labute approximate surface area is 508 Å². The SMILES string of the molecule is CCCN(OCCNC(=O)OC1CCC1)C(=O)C1=CC(NCc2ccc(CNC(=O)CCOCCOCCOCCOCCOCCOCCOCCOCCOCCOCCC(=O)Oc3c(F)c(F)c(S(=O)(=O)O)c(F)c3F)cc2)=C(C=N)N=C(N)C1. The van der Waals surface area contributed by atoms with Gasteiger partial charge in [-0.15, -0.1) is 0 Å². The second-order valence-corrected chi connectivity index (χ2v) is 20.3. The van der Waals surface area contributed by atoms with Crippen LogP contribution in [0.15, 0.2) is 57.2 Å². The van der Waals surface area contributed by atoms with Gasteiger partial charge in [0.05, 0.1) is 151 Å². The van der Waals surface area contributed by atoms with Crippen LogP contribution >= 0.6 is 0 Å². The first-order valence-electron chi connectivity index (χ1n) is 28.6. The predicted octanol–water partition coefficient (Wildman–Crippen LogP) is 3.74. The number of allylic oxidation sites excluding steroid dienone is 2. The molecule has 0 aromatic heterocycles. The molecule has 3 amide bonds. The lowest BCUT2D eigenvalue weighted by Crippen LogP contribution is -2.38. The maximum absolute atomic E-state index is 14.0.